The number of rotatable bonds is 5. The van der Waals surface area contributed by atoms with E-state index in [0.717, 1.165) is 6.42 Å². The van der Waals surface area contributed by atoms with Crippen LogP contribution in [-0.2, 0) is 4.79 Å². The first-order valence-corrected chi connectivity index (χ1v) is 4.30. The number of amides is 1. The van der Waals surface area contributed by atoms with Crippen LogP contribution in [-0.4, -0.2) is 24.9 Å². The second-order valence-electron chi connectivity index (χ2n) is 3.05. The molecule has 0 aromatic carbocycles. The van der Waals surface area contributed by atoms with Crippen LogP contribution in [0.3, 0.4) is 0 Å². The zero-order chi connectivity index (χ0) is 10.4. The fraction of sp³-hybridized carbons (Fsp3) is 0.875. The number of hydrogen-bond acceptors (Lipinski definition) is 2. The maximum atomic E-state index is 11.7. The van der Waals surface area contributed by atoms with Gasteiger partial charge < -0.3 is 11.1 Å². The van der Waals surface area contributed by atoms with Crippen LogP contribution < -0.4 is 11.1 Å². The van der Waals surface area contributed by atoms with E-state index in [1.165, 1.54) is 0 Å². The molecular weight excluding hydrogens is 178 g/mol. The third-order valence-corrected chi connectivity index (χ3v) is 1.99. The third kappa shape index (κ3) is 4.77. The molecule has 3 nitrogen and oxygen atoms in total. The Morgan fingerprint density at radius 1 is 1.54 bits per heavy atom. The van der Waals surface area contributed by atoms with E-state index in [1.54, 1.807) is 0 Å². The van der Waals surface area contributed by atoms with Gasteiger partial charge in [0.2, 0.25) is 5.91 Å². The number of carbonyl (C=O) groups is 1. The molecule has 0 radical (unpaired) electrons. The fourth-order valence-electron chi connectivity index (χ4n) is 0.808. The van der Waals surface area contributed by atoms with E-state index >= 15 is 0 Å². The number of halogens is 2. The molecule has 5 heteroatoms. The van der Waals surface area contributed by atoms with Gasteiger partial charge in [-0.1, -0.05) is 20.3 Å². The third-order valence-electron chi connectivity index (χ3n) is 1.99. The highest BCUT2D eigenvalue weighted by atomic mass is 19.3. The summed E-state index contributed by atoms with van der Waals surface area (Å²) < 4.78 is 23.4. The van der Waals surface area contributed by atoms with Gasteiger partial charge in [0.25, 0.3) is 6.43 Å². The molecule has 13 heavy (non-hydrogen) atoms. The fourth-order valence-corrected chi connectivity index (χ4v) is 0.808. The Bertz CT molecular complexity index is 164. The highest BCUT2D eigenvalue weighted by Gasteiger charge is 2.19. The van der Waals surface area contributed by atoms with Crippen molar-refractivity contribution in [2.75, 3.05) is 6.54 Å². The highest BCUT2D eigenvalue weighted by Crippen LogP contribution is 2.04. The lowest BCUT2D eigenvalue weighted by Gasteiger charge is -2.17. The Labute approximate surface area is 76.7 Å². The number of alkyl halides is 2. The van der Waals surface area contributed by atoms with E-state index < -0.39 is 24.9 Å². The summed E-state index contributed by atoms with van der Waals surface area (Å²) in [4.78, 5) is 11.1. The van der Waals surface area contributed by atoms with Gasteiger partial charge in [-0.3, -0.25) is 4.79 Å². The van der Waals surface area contributed by atoms with Crippen molar-refractivity contribution >= 4 is 5.91 Å². The summed E-state index contributed by atoms with van der Waals surface area (Å²) in [7, 11) is 0. The molecule has 0 spiro atoms. The molecule has 0 fully saturated rings. The summed E-state index contributed by atoms with van der Waals surface area (Å²) in [5, 5.41) is 2.08. The smallest absolute Gasteiger partial charge is 0.255 e. The molecule has 0 saturated carbocycles. The molecule has 0 aromatic heterocycles. The number of nitrogens with one attached hydrogen (secondary N) is 1. The van der Waals surface area contributed by atoms with Crippen LogP contribution in [0.4, 0.5) is 8.78 Å². The maximum Gasteiger partial charge on any atom is 0.255 e. The van der Waals surface area contributed by atoms with Crippen molar-refractivity contribution in [3.05, 3.63) is 0 Å². The summed E-state index contributed by atoms with van der Waals surface area (Å²) in [5.74, 6) is -0.493. The Morgan fingerprint density at radius 3 is 2.46 bits per heavy atom. The second-order valence-corrected chi connectivity index (χ2v) is 3.05. The van der Waals surface area contributed by atoms with Crippen LogP contribution in [0.2, 0.25) is 0 Å². The largest absolute Gasteiger partial charge is 0.349 e. The zero-order valence-corrected chi connectivity index (χ0v) is 7.89. The summed E-state index contributed by atoms with van der Waals surface area (Å²) in [5.41, 5.74) is 5.50. The van der Waals surface area contributed by atoms with E-state index in [0.29, 0.717) is 0 Å². The summed E-state index contributed by atoms with van der Waals surface area (Å²) in [6, 6.07) is -0.691. The van der Waals surface area contributed by atoms with Gasteiger partial charge in [-0.15, -0.1) is 0 Å². The SMILES string of the molecule is CCC(C)C(N)C(=O)NCC(F)F. The van der Waals surface area contributed by atoms with Crippen molar-refractivity contribution in [1.82, 2.24) is 5.32 Å². The average molecular weight is 194 g/mol. The van der Waals surface area contributed by atoms with Crippen LogP contribution in [0.25, 0.3) is 0 Å². The normalized spacial score (nSPS) is 15.5. The molecule has 2 atom stereocenters. The Morgan fingerprint density at radius 2 is 2.08 bits per heavy atom. The van der Waals surface area contributed by atoms with Crippen LogP contribution in [0.5, 0.6) is 0 Å². The highest BCUT2D eigenvalue weighted by molar-refractivity contribution is 5.81. The minimum absolute atomic E-state index is 0.0117. The Balaban J connectivity index is 3.82. The molecule has 0 saturated heterocycles. The van der Waals surface area contributed by atoms with Gasteiger partial charge in [0.1, 0.15) is 0 Å². The van der Waals surface area contributed by atoms with Crippen LogP contribution >= 0.6 is 0 Å². The van der Waals surface area contributed by atoms with Gasteiger partial charge in [0.15, 0.2) is 0 Å². The molecule has 78 valence electrons. The van der Waals surface area contributed by atoms with E-state index in [4.69, 9.17) is 5.73 Å². The molecule has 0 aliphatic heterocycles. The summed E-state index contributed by atoms with van der Waals surface area (Å²) in [6.45, 7) is 3.08. The molecule has 0 aliphatic carbocycles. The predicted molar refractivity (Wildman–Crippen MR) is 46.4 cm³/mol. The Kier molecular flexibility index (Phi) is 5.53. The predicted octanol–water partition coefficient (Wildman–Crippen LogP) is 0.741. The van der Waals surface area contributed by atoms with E-state index in [1.807, 2.05) is 13.8 Å². The molecule has 0 aromatic rings. The van der Waals surface area contributed by atoms with E-state index in [9.17, 15) is 13.6 Å². The van der Waals surface area contributed by atoms with Crippen LogP contribution in [0.15, 0.2) is 0 Å². The van der Waals surface area contributed by atoms with Crippen molar-refractivity contribution < 1.29 is 13.6 Å². The first-order valence-electron chi connectivity index (χ1n) is 4.30. The molecular formula is C8H16F2N2O. The number of carbonyl (C=O) groups excluding carboxylic acids is 1. The maximum absolute atomic E-state index is 11.7. The quantitative estimate of drug-likeness (QED) is 0.678. The van der Waals surface area contributed by atoms with Gasteiger partial charge in [-0.25, -0.2) is 8.78 Å². The second kappa shape index (κ2) is 5.85. The summed E-state index contributed by atoms with van der Waals surface area (Å²) in [6.07, 6.45) is -1.77. The Hall–Kier alpha value is -0.710. The van der Waals surface area contributed by atoms with E-state index in [2.05, 4.69) is 5.32 Å². The monoisotopic (exact) mass is 194 g/mol. The average Bonchev–Trinajstić information content (AvgIpc) is 2.11. The minimum atomic E-state index is -2.52. The minimum Gasteiger partial charge on any atom is -0.349 e. The van der Waals surface area contributed by atoms with Crippen molar-refractivity contribution in [2.24, 2.45) is 11.7 Å². The van der Waals surface area contributed by atoms with Gasteiger partial charge in [0, 0.05) is 0 Å². The molecule has 0 aliphatic rings. The zero-order valence-electron chi connectivity index (χ0n) is 7.89. The van der Waals surface area contributed by atoms with Gasteiger partial charge >= 0.3 is 0 Å². The van der Waals surface area contributed by atoms with Gasteiger partial charge in [0.05, 0.1) is 12.6 Å². The number of nitrogens with two attached hydrogens (primary N) is 1. The molecule has 1 amide bonds. The lowest BCUT2D eigenvalue weighted by atomic mass is 9.99. The topological polar surface area (TPSA) is 55.1 Å². The van der Waals surface area contributed by atoms with Crippen molar-refractivity contribution in [3.8, 4) is 0 Å². The molecule has 0 rings (SSSR count). The number of hydrogen-bond donors (Lipinski definition) is 2. The van der Waals surface area contributed by atoms with Crippen molar-refractivity contribution in [3.63, 3.8) is 0 Å². The van der Waals surface area contributed by atoms with Gasteiger partial charge in [-0.05, 0) is 5.92 Å². The van der Waals surface area contributed by atoms with Crippen molar-refractivity contribution in [2.45, 2.75) is 32.7 Å². The lowest BCUT2D eigenvalue weighted by molar-refractivity contribution is -0.124. The summed E-state index contributed by atoms with van der Waals surface area (Å²) >= 11 is 0. The van der Waals surface area contributed by atoms with Crippen LogP contribution in [0.1, 0.15) is 20.3 Å². The first kappa shape index (κ1) is 12.3. The molecule has 3 N–H and O–H groups in total. The first-order chi connectivity index (χ1) is 5.99. The van der Waals surface area contributed by atoms with Crippen molar-refractivity contribution in [1.29, 1.82) is 0 Å². The molecule has 0 heterocycles. The molecule has 2 unspecified atom stereocenters. The van der Waals surface area contributed by atoms with E-state index in [-0.39, 0.29) is 5.92 Å². The molecule has 0 bridgehead atoms. The van der Waals surface area contributed by atoms with Gasteiger partial charge in [-0.2, -0.15) is 0 Å². The van der Waals surface area contributed by atoms with Crippen LogP contribution in [0, 0.1) is 5.92 Å². The lowest BCUT2D eigenvalue weighted by Crippen LogP contribution is -2.45. The standard InChI is InChI=1S/C8H16F2N2O/c1-3-5(2)7(11)8(13)12-4-6(9)10/h5-7H,3-4,11H2,1-2H3,(H,12,13).